The van der Waals surface area contributed by atoms with Crippen molar-refractivity contribution in [3.05, 3.63) is 86.1 Å². The van der Waals surface area contributed by atoms with E-state index < -0.39 is 11.5 Å². The minimum atomic E-state index is -0.618. The molecule has 0 fully saturated rings. The van der Waals surface area contributed by atoms with Gasteiger partial charge in [-0.15, -0.1) is 0 Å². The van der Waals surface area contributed by atoms with E-state index in [0.717, 1.165) is 5.56 Å². The van der Waals surface area contributed by atoms with Crippen LogP contribution >= 0.6 is 23.2 Å². The van der Waals surface area contributed by atoms with Crippen LogP contribution in [0.1, 0.15) is 15.9 Å². The Balaban J connectivity index is 1.88. The van der Waals surface area contributed by atoms with Gasteiger partial charge < -0.3 is 10.3 Å². The van der Waals surface area contributed by atoms with Gasteiger partial charge in [0.1, 0.15) is 11.6 Å². The minimum absolute atomic E-state index is 0.0680. The molecule has 0 aliphatic heterocycles. The number of halogens is 2. The molecule has 26 heavy (non-hydrogen) atoms. The van der Waals surface area contributed by atoms with Gasteiger partial charge in [0.2, 0.25) is 0 Å². The Morgan fingerprint density at radius 3 is 2.35 bits per heavy atom. The number of amides is 1. The fourth-order valence-corrected chi connectivity index (χ4v) is 2.66. The Labute approximate surface area is 158 Å². The number of rotatable bonds is 3. The average Bonchev–Trinajstić information content (AvgIpc) is 2.63. The van der Waals surface area contributed by atoms with Gasteiger partial charge in [-0.1, -0.05) is 35.3 Å². The van der Waals surface area contributed by atoms with Crippen LogP contribution in [-0.4, -0.2) is 10.9 Å². The highest BCUT2D eigenvalue weighted by molar-refractivity contribution is 6.31. The first-order valence-corrected chi connectivity index (χ1v) is 8.24. The Bertz CT molecular complexity index is 1080. The second-order valence-corrected chi connectivity index (χ2v) is 6.25. The predicted octanol–water partition coefficient (Wildman–Crippen LogP) is 4.47. The minimum Gasteiger partial charge on any atom is -0.321 e. The quantitative estimate of drug-likeness (QED) is 0.699. The van der Waals surface area contributed by atoms with Crippen molar-refractivity contribution in [3.63, 3.8) is 0 Å². The molecule has 0 spiro atoms. The number of benzene rings is 2. The van der Waals surface area contributed by atoms with Crippen LogP contribution < -0.4 is 10.9 Å². The molecule has 2 N–H and O–H groups in total. The molecule has 1 heterocycles. The number of hydrogen-bond acceptors (Lipinski definition) is 3. The molecule has 5 nitrogen and oxygen atoms in total. The maximum atomic E-state index is 12.4. The van der Waals surface area contributed by atoms with Gasteiger partial charge in [0.25, 0.3) is 11.5 Å². The van der Waals surface area contributed by atoms with Crippen LogP contribution in [0.15, 0.2) is 59.4 Å². The number of hydrogen-bond donors (Lipinski definition) is 2. The second-order valence-electron chi connectivity index (χ2n) is 5.38. The number of H-pyrrole nitrogens is 1. The lowest BCUT2D eigenvalue weighted by molar-refractivity contribution is 0.102. The van der Waals surface area contributed by atoms with Gasteiger partial charge in [-0.2, -0.15) is 5.26 Å². The first-order chi connectivity index (χ1) is 12.5. The molecule has 0 saturated carbocycles. The fraction of sp³-hybridized carbons (Fsp3) is 0. The lowest BCUT2D eigenvalue weighted by Gasteiger charge is -2.08. The van der Waals surface area contributed by atoms with Crippen molar-refractivity contribution in [3.8, 4) is 17.3 Å². The summed E-state index contributed by atoms with van der Waals surface area (Å²) in [5.41, 5.74) is 1.21. The summed E-state index contributed by atoms with van der Waals surface area (Å²) >= 11 is 11.7. The average molecular weight is 384 g/mol. The van der Waals surface area contributed by atoms with Gasteiger partial charge in [0.05, 0.1) is 11.3 Å². The number of anilines is 1. The summed E-state index contributed by atoms with van der Waals surface area (Å²) in [7, 11) is 0. The van der Waals surface area contributed by atoms with E-state index in [2.05, 4.69) is 10.3 Å². The number of aromatic amines is 1. The Hall–Kier alpha value is -3.07. The Morgan fingerprint density at radius 1 is 1.00 bits per heavy atom. The molecule has 0 aliphatic rings. The zero-order valence-electron chi connectivity index (χ0n) is 13.2. The molecule has 1 aromatic heterocycles. The number of carbonyl (C=O) groups is 1. The molecule has 0 aliphatic carbocycles. The molecule has 0 bridgehead atoms. The van der Waals surface area contributed by atoms with Gasteiger partial charge in [-0.3, -0.25) is 9.59 Å². The molecule has 0 radical (unpaired) electrons. The van der Waals surface area contributed by atoms with Gasteiger partial charge in [-0.05, 0) is 48.0 Å². The third kappa shape index (κ3) is 3.77. The van der Waals surface area contributed by atoms with Gasteiger partial charge in [-0.25, -0.2) is 0 Å². The summed E-state index contributed by atoms with van der Waals surface area (Å²) in [6.07, 6.45) is 0. The van der Waals surface area contributed by atoms with Crippen LogP contribution in [0.5, 0.6) is 0 Å². The van der Waals surface area contributed by atoms with E-state index in [1.807, 2.05) is 6.07 Å². The topological polar surface area (TPSA) is 85.8 Å². The highest BCUT2D eigenvalue weighted by Gasteiger charge is 2.14. The van der Waals surface area contributed by atoms with Crippen molar-refractivity contribution in [2.75, 3.05) is 5.32 Å². The van der Waals surface area contributed by atoms with Crippen molar-refractivity contribution >= 4 is 34.8 Å². The maximum Gasteiger partial charge on any atom is 0.261 e. The molecule has 1 amide bonds. The first kappa shape index (κ1) is 17.7. The fourth-order valence-electron chi connectivity index (χ4n) is 2.36. The van der Waals surface area contributed by atoms with E-state index >= 15 is 0 Å². The number of aromatic nitrogens is 1. The van der Waals surface area contributed by atoms with E-state index in [0.29, 0.717) is 15.7 Å². The maximum absolute atomic E-state index is 12.4. The molecular weight excluding hydrogens is 373 g/mol. The molecule has 0 saturated heterocycles. The highest BCUT2D eigenvalue weighted by Crippen LogP contribution is 2.21. The Kier molecular flexibility index (Phi) is 5.08. The van der Waals surface area contributed by atoms with E-state index in [-0.39, 0.29) is 16.8 Å². The van der Waals surface area contributed by atoms with Crippen LogP contribution in [-0.2, 0) is 0 Å². The van der Waals surface area contributed by atoms with Crippen molar-refractivity contribution in [1.82, 2.24) is 4.98 Å². The van der Waals surface area contributed by atoms with Crippen LogP contribution in [0.25, 0.3) is 11.3 Å². The molecule has 2 aromatic carbocycles. The monoisotopic (exact) mass is 383 g/mol. The summed E-state index contributed by atoms with van der Waals surface area (Å²) in [4.78, 5) is 27.4. The molecule has 3 rings (SSSR count). The van der Waals surface area contributed by atoms with Crippen LogP contribution in [0, 0.1) is 11.3 Å². The van der Waals surface area contributed by atoms with Crippen molar-refractivity contribution in [2.45, 2.75) is 0 Å². The van der Waals surface area contributed by atoms with Crippen LogP contribution in [0.2, 0.25) is 10.0 Å². The van der Waals surface area contributed by atoms with Crippen molar-refractivity contribution < 1.29 is 4.79 Å². The lowest BCUT2D eigenvalue weighted by atomic mass is 10.1. The van der Waals surface area contributed by atoms with E-state index in [4.69, 9.17) is 28.5 Å². The van der Waals surface area contributed by atoms with E-state index in [1.54, 1.807) is 36.4 Å². The highest BCUT2D eigenvalue weighted by atomic mass is 35.5. The summed E-state index contributed by atoms with van der Waals surface area (Å²) < 4.78 is 0. The molecule has 0 atom stereocenters. The zero-order chi connectivity index (χ0) is 18.7. The lowest BCUT2D eigenvalue weighted by Crippen LogP contribution is -2.23. The zero-order valence-corrected chi connectivity index (χ0v) is 14.7. The summed E-state index contributed by atoms with van der Waals surface area (Å²) in [5.74, 6) is -0.618. The Morgan fingerprint density at radius 2 is 1.69 bits per heavy atom. The summed E-state index contributed by atoms with van der Waals surface area (Å²) in [6, 6.07) is 16.4. The van der Waals surface area contributed by atoms with E-state index in [9.17, 15) is 9.59 Å². The first-order valence-electron chi connectivity index (χ1n) is 7.48. The third-order valence-electron chi connectivity index (χ3n) is 3.66. The summed E-state index contributed by atoms with van der Waals surface area (Å²) in [6.45, 7) is 0. The second kappa shape index (κ2) is 7.44. The van der Waals surface area contributed by atoms with Crippen LogP contribution in [0.4, 0.5) is 5.69 Å². The number of nitrogens with one attached hydrogen (secondary N) is 2. The molecule has 0 unspecified atom stereocenters. The largest absolute Gasteiger partial charge is 0.321 e. The van der Waals surface area contributed by atoms with Gasteiger partial charge in [0.15, 0.2) is 0 Å². The normalized spacial score (nSPS) is 10.2. The van der Waals surface area contributed by atoms with Crippen LogP contribution in [0.3, 0.4) is 0 Å². The van der Waals surface area contributed by atoms with Gasteiger partial charge in [0, 0.05) is 15.7 Å². The van der Waals surface area contributed by atoms with Crippen molar-refractivity contribution in [1.29, 1.82) is 5.26 Å². The number of nitriles is 1. The third-order valence-corrected chi connectivity index (χ3v) is 4.15. The molecular formula is C19H11Cl2N3O2. The predicted molar refractivity (Wildman–Crippen MR) is 102 cm³/mol. The van der Waals surface area contributed by atoms with E-state index in [1.165, 1.54) is 18.2 Å². The smallest absolute Gasteiger partial charge is 0.261 e. The molecule has 7 heteroatoms. The van der Waals surface area contributed by atoms with Crippen molar-refractivity contribution in [2.24, 2.45) is 0 Å². The number of carbonyl (C=O) groups excluding carboxylic acids is 1. The standard InChI is InChI=1S/C19H11Cl2N3O2/c20-13-3-1-11(2-4-13)16-8-6-15(18(25)23-16)19(26)24-17-7-5-14(21)9-12(17)10-22/h1-9H,(H,23,25)(H,24,26). The van der Waals surface area contributed by atoms with Gasteiger partial charge >= 0.3 is 0 Å². The summed E-state index contributed by atoms with van der Waals surface area (Å²) in [5, 5.41) is 12.6. The number of nitrogens with zero attached hydrogens (tertiary/aromatic N) is 1. The SMILES string of the molecule is N#Cc1cc(Cl)ccc1NC(=O)c1ccc(-c2ccc(Cl)cc2)[nH]c1=O. The molecule has 128 valence electrons. The molecule has 3 aromatic rings. The number of pyridine rings is 1.